The standard InChI is InChI=1S/C33H43N5O3/c1-4-38(5-2)32-21-17-30(18-22-32)36-34-28-13-15-29(16-14-28)35-37-31-19-23-33(24-20-31)41-26-12-10-8-6-7-9-11-25-40-27(3)39/h13-24H,4-12,25-26H2,1-3H3. The molecule has 0 aliphatic carbocycles. The first-order valence-corrected chi connectivity index (χ1v) is 14.7. The van der Waals surface area contributed by atoms with Crippen molar-refractivity contribution < 1.29 is 14.3 Å². The molecule has 3 aromatic rings. The van der Waals surface area contributed by atoms with Crippen molar-refractivity contribution in [1.82, 2.24) is 0 Å². The zero-order chi connectivity index (χ0) is 29.1. The van der Waals surface area contributed by atoms with E-state index in [4.69, 9.17) is 9.47 Å². The first kappa shape index (κ1) is 31.5. The summed E-state index contributed by atoms with van der Waals surface area (Å²) >= 11 is 0. The van der Waals surface area contributed by atoms with Crippen molar-refractivity contribution in [3.8, 4) is 5.75 Å². The highest BCUT2D eigenvalue weighted by Gasteiger charge is 2.01. The Bertz CT molecular complexity index is 1210. The zero-order valence-electron chi connectivity index (χ0n) is 24.7. The van der Waals surface area contributed by atoms with Gasteiger partial charge in [0.15, 0.2) is 0 Å². The topological polar surface area (TPSA) is 88.2 Å². The van der Waals surface area contributed by atoms with E-state index < -0.39 is 0 Å². The van der Waals surface area contributed by atoms with Crippen LogP contribution in [0.4, 0.5) is 28.4 Å². The molecule has 0 N–H and O–H groups in total. The summed E-state index contributed by atoms with van der Waals surface area (Å²) in [6.07, 6.45) is 7.83. The largest absolute Gasteiger partial charge is 0.494 e. The van der Waals surface area contributed by atoms with Gasteiger partial charge in [-0.05, 0) is 99.5 Å². The van der Waals surface area contributed by atoms with Gasteiger partial charge in [0.25, 0.3) is 0 Å². The molecule has 0 unspecified atom stereocenters. The van der Waals surface area contributed by atoms with E-state index >= 15 is 0 Å². The summed E-state index contributed by atoms with van der Waals surface area (Å²) in [5.41, 5.74) is 4.28. The third-order valence-electron chi connectivity index (χ3n) is 6.59. The summed E-state index contributed by atoms with van der Waals surface area (Å²) < 4.78 is 10.8. The molecule has 0 atom stereocenters. The lowest BCUT2D eigenvalue weighted by Gasteiger charge is -2.20. The third-order valence-corrected chi connectivity index (χ3v) is 6.59. The van der Waals surface area contributed by atoms with Crippen LogP contribution in [0.3, 0.4) is 0 Å². The smallest absolute Gasteiger partial charge is 0.302 e. The van der Waals surface area contributed by atoms with Gasteiger partial charge < -0.3 is 14.4 Å². The summed E-state index contributed by atoms with van der Waals surface area (Å²) in [4.78, 5) is 13.0. The van der Waals surface area contributed by atoms with Crippen molar-refractivity contribution in [3.63, 3.8) is 0 Å². The van der Waals surface area contributed by atoms with Crippen LogP contribution in [0.15, 0.2) is 93.3 Å². The molecular weight excluding hydrogens is 514 g/mol. The number of anilines is 1. The maximum Gasteiger partial charge on any atom is 0.302 e. The molecule has 3 rings (SSSR count). The van der Waals surface area contributed by atoms with Gasteiger partial charge in [0.1, 0.15) is 5.75 Å². The van der Waals surface area contributed by atoms with Crippen LogP contribution in [0, 0.1) is 0 Å². The van der Waals surface area contributed by atoms with Crippen molar-refractivity contribution in [1.29, 1.82) is 0 Å². The van der Waals surface area contributed by atoms with Gasteiger partial charge in [0, 0.05) is 25.7 Å². The van der Waals surface area contributed by atoms with Crippen LogP contribution >= 0.6 is 0 Å². The lowest BCUT2D eigenvalue weighted by atomic mass is 10.1. The molecule has 0 aromatic heterocycles. The average Bonchev–Trinajstić information content (AvgIpc) is 3.00. The van der Waals surface area contributed by atoms with Crippen molar-refractivity contribution in [2.45, 2.75) is 65.7 Å². The Morgan fingerprint density at radius 3 is 1.41 bits per heavy atom. The quantitative estimate of drug-likeness (QED) is 0.0884. The van der Waals surface area contributed by atoms with Gasteiger partial charge in [-0.1, -0.05) is 32.1 Å². The Morgan fingerprint density at radius 2 is 0.976 bits per heavy atom. The average molecular weight is 558 g/mol. The minimum atomic E-state index is -0.195. The lowest BCUT2D eigenvalue weighted by Crippen LogP contribution is -2.21. The number of carbonyl (C=O) groups excluding carboxylic acids is 1. The highest BCUT2D eigenvalue weighted by Crippen LogP contribution is 2.25. The fraction of sp³-hybridized carbons (Fsp3) is 0.424. The van der Waals surface area contributed by atoms with Crippen molar-refractivity contribution >= 4 is 34.4 Å². The fourth-order valence-electron chi connectivity index (χ4n) is 4.24. The first-order valence-electron chi connectivity index (χ1n) is 14.7. The number of hydrogen-bond acceptors (Lipinski definition) is 8. The number of ether oxygens (including phenoxy) is 2. The number of azo groups is 2. The van der Waals surface area contributed by atoms with Crippen LogP contribution in [0.5, 0.6) is 5.75 Å². The van der Waals surface area contributed by atoms with Crippen LogP contribution in [-0.4, -0.2) is 32.3 Å². The Kier molecular flexibility index (Phi) is 14.0. The Labute approximate surface area is 244 Å². The highest BCUT2D eigenvalue weighted by atomic mass is 16.5. The summed E-state index contributed by atoms with van der Waals surface area (Å²) in [7, 11) is 0. The van der Waals surface area contributed by atoms with E-state index in [9.17, 15) is 4.79 Å². The number of benzene rings is 3. The number of rotatable bonds is 18. The predicted molar refractivity (Wildman–Crippen MR) is 166 cm³/mol. The molecule has 0 heterocycles. The van der Waals surface area contributed by atoms with Crippen molar-refractivity contribution in [2.75, 3.05) is 31.2 Å². The van der Waals surface area contributed by atoms with Gasteiger partial charge >= 0.3 is 5.97 Å². The van der Waals surface area contributed by atoms with Crippen LogP contribution < -0.4 is 9.64 Å². The SMILES string of the molecule is CCN(CC)c1ccc(N=Nc2ccc(N=Nc3ccc(OCCCCCCCCCOC(C)=O)cc3)cc2)cc1. The second kappa shape index (κ2) is 18.3. The highest BCUT2D eigenvalue weighted by molar-refractivity contribution is 5.65. The normalized spacial score (nSPS) is 11.3. The molecule has 0 spiro atoms. The Balaban J connectivity index is 1.33. The monoisotopic (exact) mass is 557 g/mol. The Morgan fingerprint density at radius 1 is 0.585 bits per heavy atom. The number of esters is 1. The fourth-order valence-corrected chi connectivity index (χ4v) is 4.24. The lowest BCUT2D eigenvalue weighted by molar-refractivity contribution is -0.141. The summed E-state index contributed by atoms with van der Waals surface area (Å²) in [6, 6.07) is 23.3. The van der Waals surface area contributed by atoms with Crippen LogP contribution in [0.25, 0.3) is 0 Å². The molecule has 0 aliphatic heterocycles. The van der Waals surface area contributed by atoms with Gasteiger partial charge in [-0.2, -0.15) is 20.5 Å². The molecule has 218 valence electrons. The number of hydrogen-bond donors (Lipinski definition) is 0. The number of carbonyl (C=O) groups is 1. The molecule has 0 saturated heterocycles. The first-order chi connectivity index (χ1) is 20.1. The zero-order valence-corrected chi connectivity index (χ0v) is 24.7. The molecule has 0 fully saturated rings. The van der Waals surface area contributed by atoms with Gasteiger partial charge in [0.2, 0.25) is 0 Å². The number of nitrogens with zero attached hydrogens (tertiary/aromatic N) is 5. The van der Waals surface area contributed by atoms with E-state index in [1.807, 2.05) is 60.7 Å². The van der Waals surface area contributed by atoms with Gasteiger partial charge in [-0.25, -0.2) is 0 Å². The van der Waals surface area contributed by atoms with E-state index in [2.05, 4.69) is 51.3 Å². The van der Waals surface area contributed by atoms with Crippen molar-refractivity contribution in [2.24, 2.45) is 20.5 Å². The second-order valence-electron chi connectivity index (χ2n) is 9.76. The van der Waals surface area contributed by atoms with Crippen LogP contribution in [0.2, 0.25) is 0 Å². The number of unbranched alkanes of at least 4 members (excludes halogenated alkanes) is 6. The van der Waals surface area contributed by atoms with Crippen molar-refractivity contribution in [3.05, 3.63) is 72.8 Å². The molecule has 0 aliphatic rings. The molecule has 3 aromatic carbocycles. The summed E-state index contributed by atoms with van der Waals surface area (Å²) in [5, 5.41) is 17.3. The van der Waals surface area contributed by atoms with Gasteiger partial charge in [-0.3, -0.25) is 4.79 Å². The maximum atomic E-state index is 10.7. The van der Waals surface area contributed by atoms with E-state index in [0.29, 0.717) is 13.2 Å². The minimum Gasteiger partial charge on any atom is -0.494 e. The summed E-state index contributed by atoms with van der Waals surface area (Å²) in [6.45, 7) is 8.96. The summed E-state index contributed by atoms with van der Waals surface area (Å²) in [5.74, 6) is 0.644. The predicted octanol–water partition coefficient (Wildman–Crippen LogP) is 10.0. The van der Waals surface area contributed by atoms with E-state index in [1.54, 1.807) is 0 Å². The molecule has 41 heavy (non-hydrogen) atoms. The van der Waals surface area contributed by atoms with Crippen LogP contribution in [-0.2, 0) is 9.53 Å². The Hall–Kier alpha value is -4.07. The molecular formula is C33H43N5O3. The molecule has 0 radical (unpaired) electrons. The second-order valence-corrected chi connectivity index (χ2v) is 9.76. The molecule has 0 amide bonds. The van der Waals surface area contributed by atoms with Crippen LogP contribution in [0.1, 0.15) is 65.7 Å². The van der Waals surface area contributed by atoms with E-state index in [0.717, 1.165) is 67.3 Å². The minimum absolute atomic E-state index is 0.195. The molecule has 8 nitrogen and oxygen atoms in total. The molecule has 0 saturated carbocycles. The van der Waals surface area contributed by atoms with E-state index in [-0.39, 0.29) is 5.97 Å². The van der Waals surface area contributed by atoms with Gasteiger partial charge in [0.05, 0.1) is 36.0 Å². The molecule has 8 heteroatoms. The third kappa shape index (κ3) is 12.3. The van der Waals surface area contributed by atoms with Gasteiger partial charge in [-0.15, -0.1) is 0 Å². The molecule has 0 bridgehead atoms. The maximum absolute atomic E-state index is 10.7. The van der Waals surface area contributed by atoms with E-state index in [1.165, 1.54) is 31.9 Å².